The van der Waals surface area contributed by atoms with Gasteiger partial charge in [0.2, 0.25) is 0 Å². The number of alkyl halides is 1. The molecule has 0 spiro atoms. The molecule has 1 rings (SSSR count). The third-order valence-electron chi connectivity index (χ3n) is 2.14. The van der Waals surface area contributed by atoms with Crippen LogP contribution in [0.3, 0.4) is 0 Å². The Kier molecular flexibility index (Phi) is 5.22. The van der Waals surface area contributed by atoms with E-state index in [0.717, 1.165) is 0 Å². The first-order valence-corrected chi connectivity index (χ1v) is 7.40. The predicted octanol–water partition coefficient (Wildman–Crippen LogP) is 2.76. The molecule has 0 heterocycles. The highest BCUT2D eigenvalue weighted by atomic mass is 35.5. The minimum Gasteiger partial charge on any atom is -0.228 e. The van der Waals surface area contributed by atoms with E-state index < -0.39 is 9.84 Å². The zero-order valence-corrected chi connectivity index (χ0v) is 10.4. The minimum absolute atomic E-state index is 0.0322. The number of sulfone groups is 1. The van der Waals surface area contributed by atoms with Gasteiger partial charge < -0.3 is 0 Å². The number of hydrogen-bond donors (Lipinski definition) is 0. The Morgan fingerprint density at radius 1 is 1.12 bits per heavy atom. The first-order valence-electron chi connectivity index (χ1n) is 5.04. The highest BCUT2D eigenvalue weighted by Crippen LogP contribution is 2.09. The van der Waals surface area contributed by atoms with Gasteiger partial charge in [0.15, 0.2) is 9.84 Å². The molecule has 0 saturated heterocycles. The molecular weight excluding hydrogens is 251 g/mol. The Morgan fingerprint density at radius 3 is 2.31 bits per heavy atom. The van der Waals surface area contributed by atoms with Gasteiger partial charge in [-0.15, -0.1) is 11.6 Å². The van der Waals surface area contributed by atoms with Gasteiger partial charge in [0.05, 0.1) is 11.5 Å². The summed E-state index contributed by atoms with van der Waals surface area (Å²) in [6.45, 7) is 0. The Morgan fingerprint density at radius 2 is 1.75 bits per heavy atom. The van der Waals surface area contributed by atoms with Crippen LogP contribution in [0.1, 0.15) is 18.4 Å². The average Bonchev–Trinajstić information content (AvgIpc) is 2.21. The maximum atomic E-state index is 12.6. The van der Waals surface area contributed by atoms with Crippen molar-refractivity contribution in [3.05, 3.63) is 35.6 Å². The highest BCUT2D eigenvalue weighted by molar-refractivity contribution is 7.90. The monoisotopic (exact) mass is 264 g/mol. The summed E-state index contributed by atoms with van der Waals surface area (Å²) in [6, 6.07) is 5.52. The predicted molar refractivity (Wildman–Crippen MR) is 63.8 cm³/mol. The van der Waals surface area contributed by atoms with Crippen LogP contribution in [0.5, 0.6) is 0 Å². The van der Waals surface area contributed by atoms with Crippen molar-refractivity contribution in [1.82, 2.24) is 0 Å². The van der Waals surface area contributed by atoms with Crippen LogP contribution in [0.15, 0.2) is 24.3 Å². The highest BCUT2D eigenvalue weighted by Gasteiger charge is 2.11. The first kappa shape index (κ1) is 13.5. The molecule has 0 aliphatic carbocycles. The Balaban J connectivity index is 2.55. The van der Waals surface area contributed by atoms with Crippen LogP contribution in [0.25, 0.3) is 0 Å². The van der Waals surface area contributed by atoms with Gasteiger partial charge in [-0.05, 0) is 30.5 Å². The second-order valence-electron chi connectivity index (χ2n) is 3.61. The second-order valence-corrected chi connectivity index (χ2v) is 6.18. The third-order valence-corrected chi connectivity index (χ3v) is 4.09. The van der Waals surface area contributed by atoms with Crippen molar-refractivity contribution in [3.8, 4) is 0 Å². The zero-order chi connectivity index (χ0) is 12.0. The van der Waals surface area contributed by atoms with Crippen LogP contribution in [0.2, 0.25) is 0 Å². The maximum absolute atomic E-state index is 12.6. The van der Waals surface area contributed by atoms with Crippen molar-refractivity contribution in [1.29, 1.82) is 0 Å². The number of hydrogen-bond acceptors (Lipinski definition) is 2. The fourth-order valence-electron chi connectivity index (χ4n) is 1.32. The lowest BCUT2D eigenvalue weighted by Crippen LogP contribution is -2.09. The van der Waals surface area contributed by atoms with Crippen molar-refractivity contribution in [3.63, 3.8) is 0 Å². The standard InChI is InChI=1S/C11H14ClFO2S/c12-7-1-2-8-16(14,15)9-10-3-5-11(13)6-4-10/h3-6H,1-2,7-9H2. The molecule has 1 aromatic carbocycles. The number of rotatable bonds is 6. The van der Waals surface area contributed by atoms with Crippen LogP contribution in [0, 0.1) is 5.82 Å². The van der Waals surface area contributed by atoms with Crippen LogP contribution in [-0.4, -0.2) is 20.1 Å². The van der Waals surface area contributed by atoms with Gasteiger partial charge in [0.1, 0.15) is 5.82 Å². The van der Waals surface area contributed by atoms with Crippen molar-refractivity contribution in [2.24, 2.45) is 0 Å². The van der Waals surface area contributed by atoms with Gasteiger partial charge in [-0.3, -0.25) is 0 Å². The van der Waals surface area contributed by atoms with Crippen LogP contribution in [0.4, 0.5) is 4.39 Å². The molecule has 1 aromatic rings. The normalized spacial score (nSPS) is 11.6. The van der Waals surface area contributed by atoms with Gasteiger partial charge in [-0.2, -0.15) is 0 Å². The van der Waals surface area contributed by atoms with E-state index >= 15 is 0 Å². The molecule has 16 heavy (non-hydrogen) atoms. The molecule has 0 unspecified atom stereocenters. The van der Waals surface area contributed by atoms with Gasteiger partial charge in [-0.25, -0.2) is 12.8 Å². The summed E-state index contributed by atoms with van der Waals surface area (Å²) >= 11 is 5.47. The Hall–Kier alpha value is -0.610. The second kappa shape index (κ2) is 6.21. The van der Waals surface area contributed by atoms with E-state index in [0.29, 0.717) is 24.3 Å². The minimum atomic E-state index is -3.10. The lowest BCUT2D eigenvalue weighted by Gasteiger charge is -2.03. The van der Waals surface area contributed by atoms with Crippen molar-refractivity contribution in [2.75, 3.05) is 11.6 Å². The molecule has 0 aromatic heterocycles. The van der Waals surface area contributed by atoms with Crippen molar-refractivity contribution < 1.29 is 12.8 Å². The summed E-state index contributed by atoms with van der Waals surface area (Å²) in [7, 11) is -3.10. The van der Waals surface area contributed by atoms with Gasteiger partial charge in [-0.1, -0.05) is 12.1 Å². The van der Waals surface area contributed by atoms with Crippen LogP contribution >= 0.6 is 11.6 Å². The summed E-state index contributed by atoms with van der Waals surface area (Å²) in [4.78, 5) is 0. The largest absolute Gasteiger partial charge is 0.228 e. The third kappa shape index (κ3) is 4.94. The summed E-state index contributed by atoms with van der Waals surface area (Å²) in [5, 5.41) is 0. The molecule has 0 saturated carbocycles. The number of benzene rings is 1. The summed E-state index contributed by atoms with van der Waals surface area (Å²) in [5.74, 6) is 0.224. The number of unbranched alkanes of at least 4 members (excludes halogenated alkanes) is 1. The quantitative estimate of drug-likeness (QED) is 0.585. The lowest BCUT2D eigenvalue weighted by atomic mass is 10.2. The molecule has 5 heteroatoms. The van der Waals surface area contributed by atoms with E-state index in [1.54, 1.807) is 0 Å². The molecule has 0 bridgehead atoms. The van der Waals surface area contributed by atoms with E-state index in [1.807, 2.05) is 0 Å². The van der Waals surface area contributed by atoms with Crippen LogP contribution in [-0.2, 0) is 15.6 Å². The fourth-order valence-corrected chi connectivity index (χ4v) is 3.00. The summed E-state index contributed by atoms with van der Waals surface area (Å²) in [5.41, 5.74) is 0.618. The molecule has 90 valence electrons. The molecule has 0 radical (unpaired) electrons. The fraction of sp³-hybridized carbons (Fsp3) is 0.455. The van der Waals surface area contributed by atoms with E-state index in [4.69, 9.17) is 11.6 Å². The molecular formula is C11H14ClFO2S. The van der Waals surface area contributed by atoms with E-state index in [9.17, 15) is 12.8 Å². The molecule has 2 nitrogen and oxygen atoms in total. The SMILES string of the molecule is O=S(=O)(CCCCCl)Cc1ccc(F)cc1. The summed E-state index contributed by atoms with van der Waals surface area (Å²) in [6.07, 6.45) is 1.28. The molecule has 0 amide bonds. The van der Waals surface area contributed by atoms with Gasteiger partial charge in [0.25, 0.3) is 0 Å². The molecule has 0 atom stereocenters. The maximum Gasteiger partial charge on any atom is 0.154 e. The van der Waals surface area contributed by atoms with Crippen molar-refractivity contribution in [2.45, 2.75) is 18.6 Å². The summed E-state index contributed by atoms with van der Waals surface area (Å²) < 4.78 is 35.8. The van der Waals surface area contributed by atoms with Gasteiger partial charge >= 0.3 is 0 Å². The van der Waals surface area contributed by atoms with E-state index in [-0.39, 0.29) is 17.3 Å². The van der Waals surface area contributed by atoms with Crippen LogP contribution < -0.4 is 0 Å². The Bertz CT molecular complexity index is 414. The van der Waals surface area contributed by atoms with Crippen molar-refractivity contribution >= 4 is 21.4 Å². The number of halogens is 2. The van der Waals surface area contributed by atoms with E-state index in [2.05, 4.69) is 0 Å². The topological polar surface area (TPSA) is 34.1 Å². The average molecular weight is 265 g/mol. The smallest absolute Gasteiger partial charge is 0.154 e. The van der Waals surface area contributed by atoms with E-state index in [1.165, 1.54) is 24.3 Å². The molecule has 0 aliphatic heterocycles. The molecule has 0 aliphatic rings. The Labute approximate surface area is 100 Å². The van der Waals surface area contributed by atoms with Gasteiger partial charge in [0, 0.05) is 5.88 Å². The molecule has 0 fully saturated rings. The zero-order valence-electron chi connectivity index (χ0n) is 8.83. The molecule has 0 N–H and O–H groups in total. The first-order chi connectivity index (χ1) is 7.53. The lowest BCUT2D eigenvalue weighted by molar-refractivity contribution is 0.591.